The standard InChI is InChI=1S/C14H8F3N3O2/c1-8-11(6-18)12(7-21)19-13(22)20(8)10-4-2-3-9(5-10)14(15,16)17/h2-5,7H,1H3. The Morgan fingerprint density at radius 3 is 2.59 bits per heavy atom. The van der Waals surface area contributed by atoms with Gasteiger partial charge in [-0.05, 0) is 25.1 Å². The number of carbonyl (C=O) groups is 1. The van der Waals surface area contributed by atoms with Crippen LogP contribution in [0.3, 0.4) is 0 Å². The highest BCUT2D eigenvalue weighted by Crippen LogP contribution is 2.30. The van der Waals surface area contributed by atoms with E-state index in [1.165, 1.54) is 13.0 Å². The van der Waals surface area contributed by atoms with Crippen molar-refractivity contribution < 1.29 is 18.0 Å². The van der Waals surface area contributed by atoms with Crippen molar-refractivity contribution in [2.75, 3.05) is 0 Å². The van der Waals surface area contributed by atoms with Crippen LogP contribution in [0.25, 0.3) is 5.69 Å². The molecule has 0 aliphatic carbocycles. The third-order valence-corrected chi connectivity index (χ3v) is 3.02. The van der Waals surface area contributed by atoms with Gasteiger partial charge in [-0.25, -0.2) is 4.79 Å². The maximum Gasteiger partial charge on any atom is 0.416 e. The molecule has 0 saturated carbocycles. The lowest BCUT2D eigenvalue weighted by Gasteiger charge is -2.13. The van der Waals surface area contributed by atoms with Crippen LogP contribution in [0.15, 0.2) is 29.1 Å². The van der Waals surface area contributed by atoms with E-state index in [1.807, 2.05) is 0 Å². The summed E-state index contributed by atoms with van der Waals surface area (Å²) in [5.41, 5.74) is -2.41. The van der Waals surface area contributed by atoms with Crippen LogP contribution in [0.1, 0.15) is 27.3 Å². The lowest BCUT2D eigenvalue weighted by Crippen LogP contribution is -2.26. The van der Waals surface area contributed by atoms with E-state index in [0.717, 1.165) is 22.8 Å². The highest BCUT2D eigenvalue weighted by molar-refractivity contribution is 5.76. The van der Waals surface area contributed by atoms with Crippen molar-refractivity contribution in [1.82, 2.24) is 9.55 Å². The van der Waals surface area contributed by atoms with Gasteiger partial charge in [0, 0.05) is 5.69 Å². The first-order valence-corrected chi connectivity index (χ1v) is 5.96. The van der Waals surface area contributed by atoms with Crippen molar-refractivity contribution >= 4 is 6.29 Å². The summed E-state index contributed by atoms with van der Waals surface area (Å²) in [6.45, 7) is 1.36. The number of hydrogen-bond acceptors (Lipinski definition) is 4. The second-order valence-corrected chi connectivity index (χ2v) is 4.35. The average Bonchev–Trinajstić information content (AvgIpc) is 2.46. The maximum atomic E-state index is 12.7. The molecule has 0 amide bonds. The number of halogens is 3. The predicted molar refractivity (Wildman–Crippen MR) is 69.7 cm³/mol. The smallest absolute Gasteiger partial charge is 0.296 e. The number of rotatable bonds is 2. The molecule has 2 rings (SSSR count). The molecule has 22 heavy (non-hydrogen) atoms. The van der Waals surface area contributed by atoms with Gasteiger partial charge in [0.25, 0.3) is 0 Å². The summed E-state index contributed by atoms with van der Waals surface area (Å²) in [4.78, 5) is 26.2. The molecular weight excluding hydrogens is 299 g/mol. The SMILES string of the molecule is Cc1c(C#N)c(C=O)nc(=O)n1-c1cccc(C(F)(F)F)c1. The van der Waals surface area contributed by atoms with Crippen molar-refractivity contribution in [1.29, 1.82) is 5.26 Å². The highest BCUT2D eigenvalue weighted by atomic mass is 19.4. The van der Waals surface area contributed by atoms with E-state index in [0.29, 0.717) is 0 Å². The first-order valence-electron chi connectivity index (χ1n) is 5.96. The van der Waals surface area contributed by atoms with Crippen LogP contribution >= 0.6 is 0 Å². The quantitative estimate of drug-likeness (QED) is 0.797. The van der Waals surface area contributed by atoms with Crippen LogP contribution in [0, 0.1) is 18.3 Å². The molecule has 0 unspecified atom stereocenters. The largest absolute Gasteiger partial charge is 0.416 e. The van der Waals surface area contributed by atoms with E-state index in [1.54, 1.807) is 6.07 Å². The van der Waals surface area contributed by atoms with Gasteiger partial charge in [0.2, 0.25) is 0 Å². The van der Waals surface area contributed by atoms with Crippen LogP contribution in [0.2, 0.25) is 0 Å². The van der Waals surface area contributed by atoms with Gasteiger partial charge in [-0.3, -0.25) is 9.36 Å². The van der Waals surface area contributed by atoms with Gasteiger partial charge < -0.3 is 0 Å². The van der Waals surface area contributed by atoms with Gasteiger partial charge in [0.1, 0.15) is 17.3 Å². The minimum absolute atomic E-state index is 0.0453. The predicted octanol–water partition coefficient (Wildman–Crippen LogP) is 2.24. The summed E-state index contributed by atoms with van der Waals surface area (Å²) in [5, 5.41) is 9.03. The highest BCUT2D eigenvalue weighted by Gasteiger charge is 2.30. The monoisotopic (exact) mass is 307 g/mol. The molecule has 112 valence electrons. The molecule has 0 bridgehead atoms. The maximum absolute atomic E-state index is 12.7. The zero-order chi connectivity index (χ0) is 16.5. The van der Waals surface area contributed by atoms with Gasteiger partial charge in [-0.1, -0.05) is 6.07 Å². The lowest BCUT2D eigenvalue weighted by molar-refractivity contribution is -0.137. The lowest BCUT2D eigenvalue weighted by atomic mass is 10.1. The molecule has 1 aromatic carbocycles. The summed E-state index contributed by atoms with van der Waals surface area (Å²) in [6.07, 6.45) is -4.31. The van der Waals surface area contributed by atoms with Gasteiger partial charge in [-0.2, -0.15) is 23.4 Å². The van der Waals surface area contributed by atoms with E-state index in [4.69, 9.17) is 5.26 Å². The molecule has 5 nitrogen and oxygen atoms in total. The molecule has 0 spiro atoms. The van der Waals surface area contributed by atoms with Crippen LogP contribution in [-0.2, 0) is 6.18 Å². The van der Waals surface area contributed by atoms with Crippen LogP contribution in [0.4, 0.5) is 13.2 Å². The summed E-state index contributed by atoms with van der Waals surface area (Å²) < 4.78 is 39.1. The summed E-state index contributed by atoms with van der Waals surface area (Å²) in [7, 11) is 0. The Hall–Kier alpha value is -2.95. The van der Waals surface area contributed by atoms with Crippen LogP contribution < -0.4 is 5.69 Å². The Balaban J connectivity index is 2.77. The van der Waals surface area contributed by atoms with Gasteiger partial charge >= 0.3 is 11.9 Å². The fourth-order valence-corrected chi connectivity index (χ4v) is 2.00. The van der Waals surface area contributed by atoms with E-state index >= 15 is 0 Å². The molecule has 0 radical (unpaired) electrons. The Morgan fingerprint density at radius 1 is 1.36 bits per heavy atom. The van der Waals surface area contributed by atoms with Gasteiger partial charge in [0.05, 0.1) is 11.3 Å². The normalized spacial score (nSPS) is 11.0. The number of carbonyl (C=O) groups excluding carboxylic acids is 1. The third-order valence-electron chi connectivity index (χ3n) is 3.02. The number of nitriles is 1. The Kier molecular flexibility index (Phi) is 3.82. The van der Waals surface area contributed by atoms with Crippen molar-refractivity contribution in [3.05, 3.63) is 57.3 Å². The second-order valence-electron chi connectivity index (χ2n) is 4.35. The molecule has 2 aromatic rings. The summed E-state index contributed by atoms with van der Waals surface area (Å²) in [6, 6.07) is 5.79. The second kappa shape index (κ2) is 5.44. The minimum atomic E-state index is -4.57. The Labute approximate surface area is 122 Å². The van der Waals surface area contributed by atoms with E-state index < -0.39 is 17.4 Å². The molecular formula is C14H8F3N3O2. The molecule has 0 aliphatic rings. The Bertz CT molecular complexity index is 848. The number of benzene rings is 1. The van der Waals surface area contributed by atoms with Crippen molar-refractivity contribution in [3.63, 3.8) is 0 Å². The van der Waals surface area contributed by atoms with Crippen molar-refractivity contribution in [2.45, 2.75) is 13.1 Å². The van der Waals surface area contributed by atoms with E-state index in [2.05, 4.69) is 4.98 Å². The molecule has 0 N–H and O–H groups in total. The number of hydrogen-bond donors (Lipinski definition) is 0. The molecule has 1 heterocycles. The number of nitrogens with zero attached hydrogens (tertiary/aromatic N) is 3. The molecule has 8 heteroatoms. The minimum Gasteiger partial charge on any atom is -0.296 e. The fraction of sp³-hybridized carbons (Fsp3) is 0.143. The number of alkyl halides is 3. The summed E-state index contributed by atoms with van der Waals surface area (Å²) in [5.74, 6) is 0. The van der Waals surface area contributed by atoms with Crippen LogP contribution in [0.5, 0.6) is 0 Å². The van der Waals surface area contributed by atoms with E-state index in [-0.39, 0.29) is 28.9 Å². The van der Waals surface area contributed by atoms with Crippen molar-refractivity contribution in [3.8, 4) is 11.8 Å². The third kappa shape index (κ3) is 2.61. The zero-order valence-electron chi connectivity index (χ0n) is 11.2. The van der Waals surface area contributed by atoms with E-state index in [9.17, 15) is 22.8 Å². The number of aldehydes is 1. The zero-order valence-corrected chi connectivity index (χ0v) is 11.2. The Morgan fingerprint density at radius 2 is 2.05 bits per heavy atom. The first-order chi connectivity index (χ1) is 10.3. The molecule has 0 aliphatic heterocycles. The number of aromatic nitrogens is 2. The topological polar surface area (TPSA) is 75.8 Å². The first kappa shape index (κ1) is 15.4. The molecule has 0 saturated heterocycles. The summed E-state index contributed by atoms with van der Waals surface area (Å²) >= 11 is 0. The van der Waals surface area contributed by atoms with Gasteiger partial charge in [0.15, 0.2) is 6.29 Å². The fourth-order valence-electron chi connectivity index (χ4n) is 2.00. The molecule has 0 atom stereocenters. The molecule has 0 fully saturated rings. The molecule has 1 aromatic heterocycles. The average molecular weight is 307 g/mol. The van der Waals surface area contributed by atoms with Crippen LogP contribution in [-0.4, -0.2) is 15.8 Å². The van der Waals surface area contributed by atoms with Gasteiger partial charge in [-0.15, -0.1) is 0 Å². The van der Waals surface area contributed by atoms with Crippen molar-refractivity contribution in [2.24, 2.45) is 0 Å².